The number of rotatable bonds is 6. The second-order valence-corrected chi connectivity index (χ2v) is 7.34. The van der Waals surface area contributed by atoms with Crippen LogP contribution >= 0.6 is 0 Å². The molecule has 30 heavy (non-hydrogen) atoms. The van der Waals surface area contributed by atoms with Gasteiger partial charge in [-0.05, 0) is 35.9 Å². The van der Waals surface area contributed by atoms with Gasteiger partial charge < -0.3 is 9.64 Å². The highest BCUT2D eigenvalue weighted by Gasteiger charge is 2.19. The molecule has 1 amide bonds. The second-order valence-electron chi connectivity index (χ2n) is 7.34. The van der Waals surface area contributed by atoms with E-state index in [2.05, 4.69) is 22.1 Å². The number of hydrogen-bond acceptors (Lipinski definition) is 4. The van der Waals surface area contributed by atoms with Crippen LogP contribution in [0.1, 0.15) is 11.1 Å². The Morgan fingerprint density at radius 1 is 1.03 bits per heavy atom. The molecular formula is C24H26N4O2. The van der Waals surface area contributed by atoms with E-state index < -0.39 is 0 Å². The van der Waals surface area contributed by atoms with Crippen molar-refractivity contribution in [1.82, 2.24) is 19.6 Å². The van der Waals surface area contributed by atoms with Gasteiger partial charge >= 0.3 is 0 Å². The van der Waals surface area contributed by atoms with Crippen molar-refractivity contribution < 1.29 is 9.53 Å². The van der Waals surface area contributed by atoms with Crippen molar-refractivity contribution >= 4 is 12.0 Å². The summed E-state index contributed by atoms with van der Waals surface area (Å²) in [6.07, 6.45) is 7.17. The van der Waals surface area contributed by atoms with Gasteiger partial charge in [0, 0.05) is 50.6 Å². The molecule has 0 radical (unpaired) electrons. The number of methoxy groups -OCH3 is 1. The number of nitrogens with zero attached hydrogens (tertiary/aromatic N) is 4. The summed E-state index contributed by atoms with van der Waals surface area (Å²) in [6, 6.07) is 18.1. The number of aromatic nitrogens is 2. The number of carbonyl (C=O) groups is 1. The first-order valence-corrected chi connectivity index (χ1v) is 10.1. The molecule has 1 fully saturated rings. The number of hydrogen-bond donors (Lipinski definition) is 0. The fourth-order valence-electron chi connectivity index (χ4n) is 3.53. The van der Waals surface area contributed by atoms with Crippen molar-refractivity contribution in [3.05, 3.63) is 84.2 Å². The number of para-hydroxylation sites is 1. The quantitative estimate of drug-likeness (QED) is 0.594. The SMILES string of the molecule is COc1ccc(CN2CCN(C(=O)/C=C/c3cnn(-c4ccccc4)c3)CC2)cc1. The first-order valence-electron chi connectivity index (χ1n) is 10.1. The first-order chi connectivity index (χ1) is 14.7. The Morgan fingerprint density at radius 2 is 1.77 bits per heavy atom. The highest BCUT2D eigenvalue weighted by molar-refractivity contribution is 5.91. The minimum Gasteiger partial charge on any atom is -0.497 e. The monoisotopic (exact) mass is 402 g/mol. The average molecular weight is 402 g/mol. The van der Waals surface area contributed by atoms with E-state index in [1.165, 1.54) is 5.56 Å². The Kier molecular flexibility index (Phi) is 6.25. The summed E-state index contributed by atoms with van der Waals surface area (Å²) >= 11 is 0. The summed E-state index contributed by atoms with van der Waals surface area (Å²) in [7, 11) is 1.68. The summed E-state index contributed by atoms with van der Waals surface area (Å²) < 4.78 is 7.02. The van der Waals surface area contributed by atoms with Crippen LogP contribution in [0.25, 0.3) is 11.8 Å². The van der Waals surface area contributed by atoms with Crippen LogP contribution in [0.15, 0.2) is 73.1 Å². The zero-order valence-electron chi connectivity index (χ0n) is 17.1. The van der Waals surface area contributed by atoms with Crippen molar-refractivity contribution in [2.75, 3.05) is 33.3 Å². The van der Waals surface area contributed by atoms with Gasteiger partial charge in [-0.25, -0.2) is 4.68 Å². The highest BCUT2D eigenvalue weighted by atomic mass is 16.5. The predicted molar refractivity (Wildman–Crippen MR) is 117 cm³/mol. The van der Waals surface area contributed by atoms with Crippen LogP contribution in [0, 0.1) is 0 Å². The molecule has 0 atom stereocenters. The maximum atomic E-state index is 12.6. The predicted octanol–water partition coefficient (Wildman–Crippen LogP) is 3.24. The number of ether oxygens (including phenoxy) is 1. The van der Waals surface area contributed by atoms with Gasteiger partial charge in [0.1, 0.15) is 5.75 Å². The molecule has 154 valence electrons. The Bertz CT molecular complexity index is 988. The molecule has 0 spiro atoms. The van der Waals surface area contributed by atoms with E-state index in [9.17, 15) is 4.79 Å². The molecule has 0 aliphatic carbocycles. The number of carbonyl (C=O) groups excluding carboxylic acids is 1. The van der Waals surface area contributed by atoms with Crippen LogP contribution in [-0.4, -0.2) is 58.8 Å². The molecule has 0 bridgehead atoms. The van der Waals surface area contributed by atoms with Crippen molar-refractivity contribution in [2.45, 2.75) is 6.54 Å². The van der Waals surface area contributed by atoms with Gasteiger partial charge in [0.2, 0.25) is 5.91 Å². The summed E-state index contributed by atoms with van der Waals surface area (Å²) in [4.78, 5) is 16.8. The summed E-state index contributed by atoms with van der Waals surface area (Å²) in [5.74, 6) is 0.918. The lowest BCUT2D eigenvalue weighted by molar-refractivity contribution is -0.127. The molecule has 1 aromatic heterocycles. The standard InChI is InChI=1S/C24H26N4O2/c1-30-23-10-7-20(8-11-23)18-26-13-15-27(16-14-26)24(29)12-9-21-17-25-28(19-21)22-5-3-2-4-6-22/h2-12,17,19H,13-16,18H2,1H3/b12-9+. The van der Waals surface area contributed by atoms with E-state index in [-0.39, 0.29) is 5.91 Å². The average Bonchev–Trinajstić information content (AvgIpc) is 3.28. The summed E-state index contributed by atoms with van der Waals surface area (Å²) in [5, 5.41) is 4.36. The van der Waals surface area contributed by atoms with Gasteiger partial charge in [0.15, 0.2) is 0 Å². The smallest absolute Gasteiger partial charge is 0.246 e. The van der Waals surface area contributed by atoms with Gasteiger partial charge in [0.05, 0.1) is 19.0 Å². The van der Waals surface area contributed by atoms with E-state index in [0.29, 0.717) is 0 Å². The van der Waals surface area contributed by atoms with Gasteiger partial charge in [0.25, 0.3) is 0 Å². The van der Waals surface area contributed by atoms with Gasteiger partial charge in [-0.3, -0.25) is 9.69 Å². The molecule has 1 aliphatic heterocycles. The van der Waals surface area contributed by atoms with Crippen LogP contribution in [0.3, 0.4) is 0 Å². The minimum absolute atomic E-state index is 0.0477. The third-order valence-electron chi connectivity index (χ3n) is 5.29. The molecular weight excluding hydrogens is 376 g/mol. The van der Waals surface area contributed by atoms with Crippen LogP contribution in [0.4, 0.5) is 0 Å². The zero-order chi connectivity index (χ0) is 20.8. The molecule has 6 nitrogen and oxygen atoms in total. The largest absolute Gasteiger partial charge is 0.497 e. The van der Waals surface area contributed by atoms with Crippen LogP contribution in [0.5, 0.6) is 5.75 Å². The Morgan fingerprint density at radius 3 is 2.47 bits per heavy atom. The van der Waals surface area contributed by atoms with E-state index in [1.807, 2.05) is 64.3 Å². The van der Waals surface area contributed by atoms with E-state index in [4.69, 9.17) is 4.74 Å². The molecule has 0 unspecified atom stereocenters. The van der Waals surface area contributed by atoms with E-state index in [0.717, 1.165) is 49.7 Å². The van der Waals surface area contributed by atoms with E-state index in [1.54, 1.807) is 19.4 Å². The van der Waals surface area contributed by atoms with Crippen LogP contribution < -0.4 is 4.74 Å². The lowest BCUT2D eigenvalue weighted by Gasteiger charge is -2.34. The highest BCUT2D eigenvalue weighted by Crippen LogP contribution is 2.15. The fraction of sp³-hybridized carbons (Fsp3) is 0.250. The first kappa shape index (κ1) is 19.9. The number of amides is 1. The Hall–Kier alpha value is -3.38. The van der Waals surface area contributed by atoms with Crippen molar-refractivity contribution in [2.24, 2.45) is 0 Å². The molecule has 1 aliphatic rings. The molecule has 2 aromatic carbocycles. The fourth-order valence-corrected chi connectivity index (χ4v) is 3.53. The normalized spacial score (nSPS) is 14.9. The Balaban J connectivity index is 1.27. The number of piperazine rings is 1. The summed E-state index contributed by atoms with van der Waals surface area (Å²) in [6.45, 7) is 4.11. The maximum absolute atomic E-state index is 12.6. The third-order valence-corrected chi connectivity index (χ3v) is 5.29. The molecule has 6 heteroatoms. The Labute approximate surface area is 177 Å². The lowest BCUT2D eigenvalue weighted by atomic mass is 10.2. The maximum Gasteiger partial charge on any atom is 0.246 e. The molecule has 0 saturated carbocycles. The number of benzene rings is 2. The minimum atomic E-state index is 0.0477. The molecule has 4 rings (SSSR count). The zero-order valence-corrected chi connectivity index (χ0v) is 17.1. The molecule has 1 saturated heterocycles. The van der Waals surface area contributed by atoms with Gasteiger partial charge in [-0.1, -0.05) is 30.3 Å². The van der Waals surface area contributed by atoms with Gasteiger partial charge in [-0.15, -0.1) is 0 Å². The van der Waals surface area contributed by atoms with Crippen LogP contribution in [0.2, 0.25) is 0 Å². The van der Waals surface area contributed by atoms with Gasteiger partial charge in [-0.2, -0.15) is 5.10 Å². The topological polar surface area (TPSA) is 50.6 Å². The van der Waals surface area contributed by atoms with Crippen molar-refractivity contribution in [3.63, 3.8) is 0 Å². The lowest BCUT2D eigenvalue weighted by Crippen LogP contribution is -2.47. The molecule has 3 aromatic rings. The second kappa shape index (κ2) is 9.41. The molecule has 2 heterocycles. The van der Waals surface area contributed by atoms with Crippen molar-refractivity contribution in [3.8, 4) is 11.4 Å². The molecule has 0 N–H and O–H groups in total. The van der Waals surface area contributed by atoms with Crippen LogP contribution in [-0.2, 0) is 11.3 Å². The van der Waals surface area contributed by atoms with E-state index >= 15 is 0 Å². The third kappa shape index (κ3) is 4.96. The van der Waals surface area contributed by atoms with Crippen molar-refractivity contribution in [1.29, 1.82) is 0 Å². The summed E-state index contributed by atoms with van der Waals surface area (Å²) in [5.41, 5.74) is 3.16.